The van der Waals surface area contributed by atoms with Crippen molar-refractivity contribution in [2.75, 3.05) is 10.7 Å². The first-order chi connectivity index (χ1) is 6.51. The molecule has 0 spiro atoms. The fraction of sp³-hybridized carbons (Fsp3) is 0.778. The second kappa shape index (κ2) is 9.03. The van der Waals surface area contributed by atoms with Gasteiger partial charge in [-0.25, -0.2) is 0 Å². The molecule has 0 aromatic carbocycles. The molecule has 0 nitrogen and oxygen atoms in total. The van der Waals surface area contributed by atoms with Gasteiger partial charge in [0.1, 0.15) is 0 Å². The van der Waals surface area contributed by atoms with Gasteiger partial charge in [-0.15, -0.1) is 11.6 Å². The smallest absolute Gasteiger partial charge is 0.0554 e. The van der Waals surface area contributed by atoms with Crippen LogP contribution >= 0.6 is 75.3 Å². The number of hydrogen-bond donors (Lipinski definition) is 0. The van der Waals surface area contributed by atoms with Crippen LogP contribution in [0.5, 0.6) is 0 Å². The van der Waals surface area contributed by atoms with Crippen molar-refractivity contribution in [1.82, 2.24) is 0 Å². The van der Waals surface area contributed by atoms with Crippen molar-refractivity contribution in [1.29, 1.82) is 0 Å². The van der Waals surface area contributed by atoms with Crippen LogP contribution in [0, 0.1) is 0 Å². The molecule has 0 aliphatic heterocycles. The minimum Gasteiger partial charge on any atom is -0.118 e. The van der Waals surface area contributed by atoms with Crippen LogP contribution in [0.15, 0.2) is 12.2 Å². The largest absolute Gasteiger partial charge is 0.118 e. The number of halogens is 5. The van der Waals surface area contributed by atoms with Gasteiger partial charge in [0, 0.05) is 20.3 Å². The lowest BCUT2D eigenvalue weighted by Crippen LogP contribution is -2.14. The highest BCUT2D eigenvalue weighted by atomic mass is 79.9. The van der Waals surface area contributed by atoms with E-state index in [9.17, 15) is 0 Å². The first-order valence-electron chi connectivity index (χ1n) is 4.23. The highest BCUT2D eigenvalue weighted by Crippen LogP contribution is 2.25. The van der Waals surface area contributed by atoms with E-state index in [1.54, 1.807) is 0 Å². The average Bonchev–Trinajstić information content (AvgIpc) is 2.17. The standard InChI is InChI=1S/C9H13Br4Cl/c1-6(2-7(12)4-10)9(14)3-8(13)5-11/h7-9H,1-5H2. The summed E-state index contributed by atoms with van der Waals surface area (Å²) in [5.41, 5.74) is 1.10. The lowest BCUT2D eigenvalue weighted by Gasteiger charge is -2.16. The van der Waals surface area contributed by atoms with Crippen molar-refractivity contribution < 1.29 is 0 Å². The fourth-order valence-corrected chi connectivity index (χ4v) is 2.72. The number of hydrogen-bond acceptors (Lipinski definition) is 0. The van der Waals surface area contributed by atoms with Gasteiger partial charge < -0.3 is 0 Å². The summed E-state index contributed by atoms with van der Waals surface area (Å²) in [7, 11) is 0. The molecule has 0 amide bonds. The van der Waals surface area contributed by atoms with Crippen LogP contribution in [-0.4, -0.2) is 25.7 Å². The highest BCUT2D eigenvalue weighted by Gasteiger charge is 2.16. The molecule has 0 rings (SSSR count). The summed E-state index contributed by atoms with van der Waals surface area (Å²) >= 11 is 20.1. The molecule has 5 heteroatoms. The maximum absolute atomic E-state index is 6.22. The molecule has 0 aromatic rings. The predicted octanol–water partition coefficient (Wildman–Crippen LogP) is 5.25. The van der Waals surface area contributed by atoms with Gasteiger partial charge in [0.2, 0.25) is 0 Å². The summed E-state index contributed by atoms with van der Waals surface area (Å²) in [6.07, 6.45) is 1.83. The average molecular weight is 476 g/mol. The van der Waals surface area contributed by atoms with Crippen LogP contribution in [0.2, 0.25) is 0 Å². The van der Waals surface area contributed by atoms with Crippen LogP contribution in [-0.2, 0) is 0 Å². The topological polar surface area (TPSA) is 0 Å². The van der Waals surface area contributed by atoms with Gasteiger partial charge in [-0.3, -0.25) is 0 Å². The van der Waals surface area contributed by atoms with Crippen molar-refractivity contribution in [2.45, 2.75) is 27.9 Å². The van der Waals surface area contributed by atoms with Crippen LogP contribution in [0.25, 0.3) is 0 Å². The van der Waals surface area contributed by atoms with E-state index < -0.39 is 0 Å². The molecule has 3 atom stereocenters. The molecular weight excluding hydrogens is 463 g/mol. The third-order valence-electron chi connectivity index (χ3n) is 1.72. The van der Waals surface area contributed by atoms with Gasteiger partial charge in [-0.1, -0.05) is 75.9 Å². The minimum absolute atomic E-state index is 0.0519. The number of allylic oxidation sites excluding steroid dienone is 1. The first kappa shape index (κ1) is 16.0. The van der Waals surface area contributed by atoms with Gasteiger partial charge in [-0.2, -0.15) is 0 Å². The van der Waals surface area contributed by atoms with Gasteiger partial charge in [0.15, 0.2) is 0 Å². The van der Waals surface area contributed by atoms with E-state index >= 15 is 0 Å². The van der Waals surface area contributed by atoms with E-state index in [0.717, 1.165) is 29.1 Å². The summed E-state index contributed by atoms with van der Waals surface area (Å²) < 4.78 is 0. The van der Waals surface area contributed by atoms with Crippen LogP contribution in [0.3, 0.4) is 0 Å². The molecule has 0 N–H and O–H groups in total. The van der Waals surface area contributed by atoms with Crippen molar-refractivity contribution in [3.8, 4) is 0 Å². The van der Waals surface area contributed by atoms with E-state index in [4.69, 9.17) is 11.6 Å². The zero-order valence-corrected chi connectivity index (χ0v) is 14.8. The van der Waals surface area contributed by atoms with Crippen LogP contribution < -0.4 is 0 Å². The zero-order chi connectivity index (χ0) is 11.1. The monoisotopic (exact) mass is 472 g/mol. The summed E-state index contributed by atoms with van der Waals surface area (Å²) in [5.74, 6) is 0. The molecule has 0 heterocycles. The quantitative estimate of drug-likeness (QED) is 0.348. The normalized spacial score (nSPS) is 17.5. The van der Waals surface area contributed by atoms with Crippen molar-refractivity contribution in [3.63, 3.8) is 0 Å². The number of rotatable bonds is 7. The number of alkyl halides is 5. The third-order valence-corrected chi connectivity index (χ3v) is 6.86. The van der Waals surface area contributed by atoms with E-state index in [1.807, 2.05) is 0 Å². The molecule has 0 saturated carbocycles. The molecule has 14 heavy (non-hydrogen) atoms. The van der Waals surface area contributed by atoms with Gasteiger partial charge in [0.25, 0.3) is 0 Å². The Balaban J connectivity index is 3.87. The molecule has 0 aromatic heterocycles. The van der Waals surface area contributed by atoms with E-state index in [0.29, 0.717) is 9.65 Å². The Kier molecular flexibility index (Phi) is 10.3. The summed E-state index contributed by atoms with van der Waals surface area (Å²) in [4.78, 5) is 0.841. The SMILES string of the molecule is C=C(CC(Br)CBr)C(Cl)CC(Br)CBr. The van der Waals surface area contributed by atoms with Gasteiger partial charge >= 0.3 is 0 Å². The molecule has 0 bridgehead atoms. The van der Waals surface area contributed by atoms with Gasteiger partial charge in [-0.05, 0) is 12.8 Å². The molecular formula is C9H13Br4Cl. The second-order valence-corrected chi connectivity index (χ2v) is 7.48. The highest BCUT2D eigenvalue weighted by molar-refractivity contribution is 9.12. The fourth-order valence-electron chi connectivity index (χ4n) is 0.921. The maximum Gasteiger partial charge on any atom is 0.0554 e. The molecule has 0 saturated heterocycles. The molecule has 0 aliphatic carbocycles. The van der Waals surface area contributed by atoms with Gasteiger partial charge in [0.05, 0.1) is 5.38 Å². The Morgan fingerprint density at radius 3 is 2.07 bits per heavy atom. The Bertz CT molecular complexity index is 174. The lowest BCUT2D eigenvalue weighted by molar-refractivity contribution is 0.787. The lowest BCUT2D eigenvalue weighted by atomic mass is 10.1. The Hall–Kier alpha value is 1.95. The van der Waals surface area contributed by atoms with E-state index in [-0.39, 0.29) is 5.38 Å². The zero-order valence-electron chi connectivity index (χ0n) is 7.66. The Morgan fingerprint density at radius 2 is 1.64 bits per heavy atom. The molecule has 84 valence electrons. The predicted molar refractivity (Wildman–Crippen MR) is 81.0 cm³/mol. The molecule has 0 aliphatic rings. The van der Waals surface area contributed by atoms with Crippen LogP contribution in [0.4, 0.5) is 0 Å². The maximum atomic E-state index is 6.22. The third kappa shape index (κ3) is 7.26. The molecule has 0 radical (unpaired) electrons. The minimum atomic E-state index is 0.0519. The van der Waals surface area contributed by atoms with Crippen molar-refractivity contribution in [2.24, 2.45) is 0 Å². The summed E-state index contributed by atoms with van der Waals surface area (Å²) in [6.45, 7) is 4.01. The second-order valence-electron chi connectivity index (χ2n) is 3.07. The van der Waals surface area contributed by atoms with E-state index in [2.05, 4.69) is 70.3 Å². The van der Waals surface area contributed by atoms with E-state index in [1.165, 1.54) is 0 Å². The van der Waals surface area contributed by atoms with Crippen molar-refractivity contribution >= 4 is 75.3 Å². The Morgan fingerprint density at radius 1 is 1.14 bits per heavy atom. The van der Waals surface area contributed by atoms with Crippen molar-refractivity contribution in [3.05, 3.63) is 12.2 Å². The summed E-state index contributed by atoms with van der Waals surface area (Å²) in [5, 5.41) is 1.89. The molecule has 0 fully saturated rings. The summed E-state index contributed by atoms with van der Waals surface area (Å²) in [6, 6.07) is 0. The van der Waals surface area contributed by atoms with Crippen LogP contribution in [0.1, 0.15) is 12.8 Å². The first-order valence-corrected chi connectivity index (χ1v) is 8.74. The molecule has 3 unspecified atom stereocenters. The Labute approximate surface area is 125 Å².